The van der Waals surface area contributed by atoms with Gasteiger partial charge in [-0.15, -0.1) is 0 Å². The van der Waals surface area contributed by atoms with Crippen LogP contribution in [0.4, 0.5) is 0 Å². The summed E-state index contributed by atoms with van der Waals surface area (Å²) in [6, 6.07) is 0. The normalized spacial score (nSPS) is 10.9. The molecule has 0 aromatic heterocycles. The summed E-state index contributed by atoms with van der Waals surface area (Å²) < 4.78 is 0. The van der Waals surface area contributed by atoms with Crippen LogP contribution in [0.1, 0.15) is 162 Å². The molecule has 0 heterocycles. The largest absolute Gasteiger partial charge is 0.0776 e. The van der Waals surface area contributed by atoms with Crippen molar-refractivity contribution in [3.05, 3.63) is 0 Å². The molecule has 0 aromatic carbocycles. The Balaban J connectivity index is -0.000000441. The predicted molar refractivity (Wildman–Crippen MR) is 140 cm³/mol. The molecule has 0 atom stereocenters. The van der Waals surface area contributed by atoms with Crippen LogP contribution in [-0.2, 0) is 0 Å². The quantitative estimate of drug-likeness (QED) is 0.255. The third-order valence-electron chi connectivity index (χ3n) is 5.77. The minimum Gasteiger partial charge on any atom is -0.0776 e. The first-order chi connectivity index (χ1) is 11.4. The Hall–Kier alpha value is 0. The van der Waals surface area contributed by atoms with Crippen LogP contribution < -0.4 is 0 Å². The SMILES string of the molecule is C.C.C.C.CCCCC(CCCC)C(CC(C)(C)C)C(CCCC)CCCC. The summed E-state index contributed by atoms with van der Waals surface area (Å²) in [5.41, 5.74) is 0.470. The Bertz CT molecular complexity index is 224. The van der Waals surface area contributed by atoms with Crippen molar-refractivity contribution in [2.24, 2.45) is 23.2 Å². The lowest BCUT2D eigenvalue weighted by Gasteiger charge is -2.38. The van der Waals surface area contributed by atoms with E-state index in [9.17, 15) is 0 Å². The zero-order chi connectivity index (χ0) is 18.4. The van der Waals surface area contributed by atoms with Crippen LogP contribution in [0.2, 0.25) is 0 Å². The third-order valence-corrected chi connectivity index (χ3v) is 5.77. The van der Waals surface area contributed by atoms with Gasteiger partial charge in [0.1, 0.15) is 0 Å². The molecule has 0 nitrogen and oxygen atoms in total. The molecule has 0 heteroatoms. The molecule has 178 valence electrons. The first kappa shape index (κ1) is 38.6. The van der Waals surface area contributed by atoms with Crippen LogP contribution in [-0.4, -0.2) is 0 Å². The minimum atomic E-state index is 0. The lowest BCUT2D eigenvalue weighted by Crippen LogP contribution is -2.29. The monoisotopic (exact) mass is 403 g/mol. The van der Waals surface area contributed by atoms with Gasteiger partial charge in [0.15, 0.2) is 0 Å². The predicted octanol–water partition coefficient (Wildman–Crippen LogP) is 11.6. The Kier molecular flexibility index (Phi) is 32.1. The number of hydrogen-bond donors (Lipinski definition) is 0. The van der Waals surface area contributed by atoms with Gasteiger partial charge in [-0.3, -0.25) is 0 Å². The van der Waals surface area contributed by atoms with Crippen molar-refractivity contribution in [3.8, 4) is 0 Å². The summed E-state index contributed by atoms with van der Waals surface area (Å²) in [4.78, 5) is 0. The van der Waals surface area contributed by atoms with Crippen LogP contribution in [0.15, 0.2) is 0 Å². The second-order valence-electron chi connectivity index (χ2n) is 9.52. The molecule has 0 N–H and O–H groups in total. The van der Waals surface area contributed by atoms with E-state index in [1.807, 2.05) is 0 Å². The van der Waals surface area contributed by atoms with E-state index in [0.29, 0.717) is 5.41 Å². The van der Waals surface area contributed by atoms with Gasteiger partial charge in [-0.05, 0) is 29.6 Å². The topological polar surface area (TPSA) is 0 Å². The molecule has 0 amide bonds. The first-order valence-electron chi connectivity index (χ1n) is 11.4. The fourth-order valence-corrected chi connectivity index (χ4v) is 4.44. The second-order valence-corrected chi connectivity index (χ2v) is 9.52. The number of hydrogen-bond acceptors (Lipinski definition) is 0. The van der Waals surface area contributed by atoms with Gasteiger partial charge in [-0.1, -0.05) is 155 Å². The van der Waals surface area contributed by atoms with Crippen LogP contribution in [0.25, 0.3) is 0 Å². The van der Waals surface area contributed by atoms with Gasteiger partial charge >= 0.3 is 0 Å². The van der Waals surface area contributed by atoms with E-state index in [4.69, 9.17) is 0 Å². The van der Waals surface area contributed by atoms with E-state index in [1.165, 1.54) is 83.5 Å². The second kappa shape index (κ2) is 23.3. The Morgan fingerprint density at radius 2 is 0.750 bits per heavy atom. The molecular weight excluding hydrogens is 336 g/mol. The highest BCUT2D eigenvalue weighted by molar-refractivity contribution is 4.82. The van der Waals surface area contributed by atoms with E-state index in [-0.39, 0.29) is 29.7 Å². The highest BCUT2D eigenvalue weighted by Gasteiger charge is 2.31. The highest BCUT2D eigenvalue weighted by Crippen LogP contribution is 2.42. The molecule has 28 heavy (non-hydrogen) atoms. The van der Waals surface area contributed by atoms with Crippen molar-refractivity contribution in [1.82, 2.24) is 0 Å². The fraction of sp³-hybridized carbons (Fsp3) is 1.00. The zero-order valence-corrected chi connectivity index (χ0v) is 18.4. The van der Waals surface area contributed by atoms with Crippen molar-refractivity contribution < 1.29 is 0 Å². The fourth-order valence-electron chi connectivity index (χ4n) is 4.44. The van der Waals surface area contributed by atoms with Gasteiger partial charge in [-0.2, -0.15) is 0 Å². The number of rotatable bonds is 15. The maximum absolute atomic E-state index is 2.47. The van der Waals surface area contributed by atoms with Gasteiger partial charge < -0.3 is 0 Å². The molecule has 0 spiro atoms. The summed E-state index contributed by atoms with van der Waals surface area (Å²) in [5, 5.41) is 0. The van der Waals surface area contributed by atoms with Crippen LogP contribution in [0, 0.1) is 23.2 Å². The van der Waals surface area contributed by atoms with Gasteiger partial charge in [0, 0.05) is 0 Å². The molecule has 0 rings (SSSR count). The Morgan fingerprint density at radius 1 is 0.500 bits per heavy atom. The third kappa shape index (κ3) is 19.3. The molecule has 0 aliphatic heterocycles. The molecule has 0 aliphatic rings. The van der Waals surface area contributed by atoms with E-state index < -0.39 is 0 Å². The summed E-state index contributed by atoms with van der Waals surface area (Å²) in [6.07, 6.45) is 18.5. The average molecular weight is 403 g/mol. The van der Waals surface area contributed by atoms with E-state index in [2.05, 4.69) is 48.5 Å². The van der Waals surface area contributed by atoms with Crippen molar-refractivity contribution in [3.63, 3.8) is 0 Å². The van der Waals surface area contributed by atoms with Crippen LogP contribution in [0.3, 0.4) is 0 Å². The molecule has 0 unspecified atom stereocenters. The zero-order valence-electron chi connectivity index (χ0n) is 18.4. The van der Waals surface area contributed by atoms with E-state index in [0.717, 1.165) is 17.8 Å². The molecule has 0 aliphatic carbocycles. The van der Waals surface area contributed by atoms with Gasteiger partial charge in [0.05, 0.1) is 0 Å². The van der Waals surface area contributed by atoms with Gasteiger partial charge in [0.2, 0.25) is 0 Å². The molecule has 0 fully saturated rings. The summed E-state index contributed by atoms with van der Waals surface area (Å²) in [7, 11) is 0. The highest BCUT2D eigenvalue weighted by atomic mass is 14.4. The van der Waals surface area contributed by atoms with Crippen LogP contribution in [0.5, 0.6) is 0 Å². The minimum absolute atomic E-state index is 0. The molecule has 0 saturated heterocycles. The first-order valence-corrected chi connectivity index (χ1v) is 11.4. The summed E-state index contributed by atoms with van der Waals surface area (Å²) >= 11 is 0. The lowest BCUT2D eigenvalue weighted by molar-refractivity contribution is 0.120. The van der Waals surface area contributed by atoms with Crippen LogP contribution >= 0.6 is 0 Å². The lowest BCUT2D eigenvalue weighted by atomic mass is 9.67. The molecule has 0 aromatic rings. The van der Waals surface area contributed by atoms with E-state index in [1.54, 1.807) is 0 Å². The van der Waals surface area contributed by atoms with Crippen molar-refractivity contribution >= 4 is 0 Å². The van der Waals surface area contributed by atoms with Crippen molar-refractivity contribution in [1.29, 1.82) is 0 Å². The maximum atomic E-state index is 2.47. The van der Waals surface area contributed by atoms with E-state index >= 15 is 0 Å². The smallest absolute Gasteiger partial charge is 0.0352 e. The summed E-state index contributed by atoms with van der Waals surface area (Å²) in [6.45, 7) is 16.8. The average Bonchev–Trinajstić information content (AvgIpc) is 2.53. The summed E-state index contributed by atoms with van der Waals surface area (Å²) in [5.74, 6) is 2.91. The maximum Gasteiger partial charge on any atom is -0.0352 e. The van der Waals surface area contributed by atoms with Gasteiger partial charge in [0.25, 0.3) is 0 Å². The Morgan fingerprint density at radius 3 is 0.929 bits per heavy atom. The van der Waals surface area contributed by atoms with Gasteiger partial charge in [-0.25, -0.2) is 0 Å². The Labute approximate surface area is 185 Å². The van der Waals surface area contributed by atoms with Crippen molar-refractivity contribution in [2.75, 3.05) is 0 Å². The molecular formula is C28H66. The standard InChI is InChI=1S/C24H50.4CH4/c1-8-12-16-21(17-13-9-2)23(20-24(5,6)7)22(18-14-10-3)19-15-11-4;;;;/h21-23H,8-20H2,1-7H3;4*1H4. The molecule has 0 radical (unpaired) electrons. The molecule has 0 bridgehead atoms. The molecule has 0 saturated carbocycles. The van der Waals surface area contributed by atoms with Crippen molar-refractivity contribution in [2.45, 2.75) is 162 Å². The number of unbranched alkanes of at least 4 members (excludes halogenated alkanes) is 4.